The number of rotatable bonds is 2. The van der Waals surface area contributed by atoms with Gasteiger partial charge in [-0.05, 0) is 5.92 Å². The van der Waals surface area contributed by atoms with Crippen molar-refractivity contribution in [2.45, 2.75) is 79.6 Å². The van der Waals surface area contributed by atoms with E-state index in [0.717, 1.165) is 5.92 Å². The van der Waals surface area contributed by atoms with Gasteiger partial charge in [-0.25, -0.2) is 0 Å². The normalized spacial score (nSPS) is 15.5. The van der Waals surface area contributed by atoms with Gasteiger partial charge in [0.25, 0.3) is 0 Å². The van der Waals surface area contributed by atoms with E-state index in [4.69, 9.17) is 0 Å². The van der Waals surface area contributed by atoms with Crippen molar-refractivity contribution in [2.24, 2.45) is 5.92 Å². The van der Waals surface area contributed by atoms with Crippen molar-refractivity contribution in [1.29, 1.82) is 0 Å². The van der Waals surface area contributed by atoms with Crippen molar-refractivity contribution >= 4 is 0 Å². The molecule has 1 aliphatic carbocycles. The maximum Gasteiger partial charge on any atom is -0.0414 e. The molecule has 0 aromatic rings. The number of hydrogen-bond acceptors (Lipinski definition) is 0. The van der Waals surface area contributed by atoms with Crippen LogP contribution in [0.4, 0.5) is 0 Å². The van der Waals surface area contributed by atoms with E-state index >= 15 is 0 Å². The van der Waals surface area contributed by atoms with Crippen LogP contribution in [-0.2, 0) is 0 Å². The average Bonchev–Trinajstić information content (AvgIpc) is 2.63. The van der Waals surface area contributed by atoms with Crippen molar-refractivity contribution in [3.63, 3.8) is 0 Å². The molecule has 0 bridgehead atoms. The van der Waals surface area contributed by atoms with Crippen molar-refractivity contribution in [3.8, 4) is 0 Å². The molecule has 0 N–H and O–H groups in total. The molecule has 0 nitrogen and oxygen atoms in total. The third kappa shape index (κ3) is 12.0. The van der Waals surface area contributed by atoms with Crippen LogP contribution in [0.2, 0.25) is 0 Å². The van der Waals surface area contributed by atoms with Gasteiger partial charge in [0.15, 0.2) is 0 Å². The van der Waals surface area contributed by atoms with E-state index in [1.54, 1.807) is 0 Å². The zero-order valence-electron chi connectivity index (χ0n) is 10.5. The third-order valence-corrected chi connectivity index (χ3v) is 2.17. The van der Waals surface area contributed by atoms with Crippen LogP contribution in [0.1, 0.15) is 79.6 Å². The molecule has 0 heteroatoms. The predicted molar refractivity (Wildman–Crippen MR) is 64.2 cm³/mol. The average molecular weight is 186 g/mol. The second kappa shape index (κ2) is 14.5. The standard InChI is InChI=1S/C8H16.C3H8.C2H6/c1-2-5-8-6-3-4-7-8;1-3-2;1-2/h8H,2-7H2,1H3;3H2,1-2H3;1-2H3. The van der Waals surface area contributed by atoms with E-state index < -0.39 is 0 Å². The Morgan fingerprint density at radius 2 is 1.31 bits per heavy atom. The van der Waals surface area contributed by atoms with E-state index in [2.05, 4.69) is 20.8 Å². The summed E-state index contributed by atoms with van der Waals surface area (Å²) in [5, 5.41) is 0. The quantitative estimate of drug-likeness (QED) is 0.540. The van der Waals surface area contributed by atoms with Crippen molar-refractivity contribution in [3.05, 3.63) is 0 Å². The molecule has 0 unspecified atom stereocenters. The Balaban J connectivity index is 0. The summed E-state index contributed by atoms with van der Waals surface area (Å²) in [6.07, 6.45) is 10.2. The molecule has 0 spiro atoms. The summed E-state index contributed by atoms with van der Waals surface area (Å²) in [6, 6.07) is 0. The zero-order valence-corrected chi connectivity index (χ0v) is 10.5. The lowest BCUT2D eigenvalue weighted by Crippen LogP contribution is -1.89. The van der Waals surface area contributed by atoms with Crippen LogP contribution in [0.3, 0.4) is 0 Å². The van der Waals surface area contributed by atoms with Crippen molar-refractivity contribution < 1.29 is 0 Å². The molecule has 1 saturated carbocycles. The Hall–Kier alpha value is 0. The monoisotopic (exact) mass is 186 g/mol. The van der Waals surface area contributed by atoms with Crippen LogP contribution in [-0.4, -0.2) is 0 Å². The highest BCUT2D eigenvalue weighted by molar-refractivity contribution is 4.65. The molecular formula is C13H30. The lowest BCUT2D eigenvalue weighted by atomic mass is 10.0. The van der Waals surface area contributed by atoms with Gasteiger partial charge < -0.3 is 0 Å². The zero-order chi connectivity index (χ0) is 10.5. The minimum absolute atomic E-state index is 1.11. The lowest BCUT2D eigenvalue weighted by molar-refractivity contribution is 0.496. The SMILES string of the molecule is CC.CCC.CCCC1CCCC1. The van der Waals surface area contributed by atoms with Gasteiger partial charge in [0, 0.05) is 0 Å². The minimum atomic E-state index is 1.11. The van der Waals surface area contributed by atoms with Gasteiger partial charge in [0.05, 0.1) is 0 Å². The Morgan fingerprint density at radius 1 is 0.923 bits per heavy atom. The predicted octanol–water partition coefficient (Wildman–Crippen LogP) is 5.42. The Morgan fingerprint density at radius 3 is 1.62 bits per heavy atom. The summed E-state index contributed by atoms with van der Waals surface area (Å²) in [4.78, 5) is 0. The van der Waals surface area contributed by atoms with E-state index in [-0.39, 0.29) is 0 Å². The van der Waals surface area contributed by atoms with Crippen LogP contribution in [0, 0.1) is 5.92 Å². The van der Waals surface area contributed by atoms with E-state index in [9.17, 15) is 0 Å². The van der Waals surface area contributed by atoms with Crippen LogP contribution in [0.15, 0.2) is 0 Å². The molecule has 82 valence electrons. The first-order valence-electron chi connectivity index (χ1n) is 6.35. The fourth-order valence-corrected chi connectivity index (χ4v) is 1.71. The molecule has 0 aliphatic heterocycles. The summed E-state index contributed by atoms with van der Waals surface area (Å²) < 4.78 is 0. The lowest BCUT2D eigenvalue weighted by Gasteiger charge is -2.03. The van der Waals surface area contributed by atoms with E-state index in [1.165, 1.54) is 44.9 Å². The second-order valence-corrected chi connectivity index (χ2v) is 3.65. The number of hydrogen-bond donors (Lipinski definition) is 0. The molecule has 1 fully saturated rings. The van der Waals surface area contributed by atoms with Crippen LogP contribution in [0.5, 0.6) is 0 Å². The first-order chi connectivity index (χ1) is 6.35. The molecule has 0 atom stereocenters. The topological polar surface area (TPSA) is 0 Å². The van der Waals surface area contributed by atoms with E-state index in [1.807, 2.05) is 13.8 Å². The highest BCUT2D eigenvalue weighted by atomic mass is 14.2. The molecule has 0 heterocycles. The molecule has 0 amide bonds. The second-order valence-electron chi connectivity index (χ2n) is 3.65. The molecule has 0 radical (unpaired) electrons. The summed E-state index contributed by atoms with van der Waals surface area (Å²) in [5.41, 5.74) is 0. The molecule has 0 aromatic carbocycles. The first-order valence-corrected chi connectivity index (χ1v) is 6.35. The van der Waals surface area contributed by atoms with Crippen LogP contribution >= 0.6 is 0 Å². The van der Waals surface area contributed by atoms with Gasteiger partial charge in [-0.3, -0.25) is 0 Å². The van der Waals surface area contributed by atoms with Crippen molar-refractivity contribution in [2.75, 3.05) is 0 Å². The fourth-order valence-electron chi connectivity index (χ4n) is 1.71. The van der Waals surface area contributed by atoms with Crippen molar-refractivity contribution in [1.82, 2.24) is 0 Å². The van der Waals surface area contributed by atoms with Gasteiger partial charge in [-0.2, -0.15) is 0 Å². The van der Waals surface area contributed by atoms with E-state index in [0.29, 0.717) is 0 Å². The smallest absolute Gasteiger partial charge is 0.0414 e. The van der Waals surface area contributed by atoms with Gasteiger partial charge >= 0.3 is 0 Å². The largest absolute Gasteiger partial charge is 0.0683 e. The van der Waals surface area contributed by atoms with Crippen LogP contribution < -0.4 is 0 Å². The highest BCUT2D eigenvalue weighted by Crippen LogP contribution is 2.27. The van der Waals surface area contributed by atoms with Gasteiger partial charge in [-0.15, -0.1) is 0 Å². The fraction of sp³-hybridized carbons (Fsp3) is 1.00. The summed E-state index contributed by atoms with van der Waals surface area (Å²) >= 11 is 0. The molecule has 1 aliphatic rings. The van der Waals surface area contributed by atoms with Gasteiger partial charge in [-0.1, -0.05) is 79.6 Å². The minimum Gasteiger partial charge on any atom is -0.0683 e. The molecular weight excluding hydrogens is 156 g/mol. The van der Waals surface area contributed by atoms with Gasteiger partial charge in [0.2, 0.25) is 0 Å². The Bertz CT molecular complexity index is 60.4. The molecule has 0 saturated heterocycles. The molecule has 1 rings (SSSR count). The summed E-state index contributed by atoms with van der Waals surface area (Å²) in [7, 11) is 0. The first kappa shape index (κ1) is 15.5. The van der Waals surface area contributed by atoms with Gasteiger partial charge in [0.1, 0.15) is 0 Å². The maximum absolute atomic E-state index is 2.29. The molecule has 13 heavy (non-hydrogen) atoms. The van der Waals surface area contributed by atoms with Crippen LogP contribution in [0.25, 0.3) is 0 Å². The molecule has 0 aromatic heterocycles. The highest BCUT2D eigenvalue weighted by Gasteiger charge is 2.12. The maximum atomic E-state index is 2.29. The summed E-state index contributed by atoms with van der Waals surface area (Å²) in [6.45, 7) is 10.5. The third-order valence-electron chi connectivity index (χ3n) is 2.17. The summed E-state index contributed by atoms with van der Waals surface area (Å²) in [5.74, 6) is 1.11. The Labute approximate surface area is 86.1 Å². The Kier molecular flexibility index (Phi) is 17.3.